The molecule has 0 bridgehead atoms. The Hall–Kier alpha value is 0.666. The summed E-state index contributed by atoms with van der Waals surface area (Å²) in [6.07, 6.45) is -4.25. The van der Waals surface area contributed by atoms with Crippen molar-refractivity contribution in [1.29, 1.82) is 0 Å². The number of hydrogen-bond acceptors (Lipinski definition) is 1. The second-order valence-corrected chi connectivity index (χ2v) is 2.16. The number of phosphoric acid groups is 1. The van der Waals surface area contributed by atoms with Gasteiger partial charge in [0, 0.05) is 0 Å². The predicted octanol–water partition coefficient (Wildman–Crippen LogP) is 0.524. The second-order valence-electron chi connectivity index (χ2n) is 1.13. The molecule has 0 rings (SSSR count). The zero-order chi connectivity index (χ0) is 9.00. The number of halogens is 3. The largest absolute Gasteiger partial charge is 2.00 e. The first-order valence-corrected chi connectivity index (χ1v) is 3.27. The van der Waals surface area contributed by atoms with Crippen molar-refractivity contribution in [2.24, 2.45) is 0 Å². The van der Waals surface area contributed by atoms with Crippen molar-refractivity contribution in [3.05, 3.63) is 14.4 Å². The van der Waals surface area contributed by atoms with E-state index in [1.54, 1.807) is 6.92 Å². The molecule has 72 valence electrons. The summed E-state index contributed by atoms with van der Waals surface area (Å²) in [7, 11) is -4.64. The summed E-state index contributed by atoms with van der Waals surface area (Å²) >= 11 is 0. The van der Waals surface area contributed by atoms with Crippen LogP contribution in [0.1, 0.15) is 0 Å². The van der Waals surface area contributed by atoms with Gasteiger partial charge >= 0.3 is 30.9 Å². The number of hydrogen-bond donors (Lipinski definition) is 3. The van der Waals surface area contributed by atoms with Crippen molar-refractivity contribution >= 4 is 30.9 Å². The average Bonchev–Trinajstić information content (AvgIpc) is 1.12. The monoisotopic (exact) mass is 220 g/mol. The molecule has 12 heavy (non-hydrogen) atoms. The van der Waals surface area contributed by atoms with Gasteiger partial charge in [-0.3, -0.25) is 0 Å². The van der Waals surface area contributed by atoms with Crippen LogP contribution in [0.25, 0.3) is 0 Å². The summed E-state index contributed by atoms with van der Waals surface area (Å²) < 4.78 is 39.6. The first kappa shape index (κ1) is 23.0. The van der Waals surface area contributed by atoms with Crippen LogP contribution in [0.15, 0.2) is 0 Å². The molecule has 0 fully saturated rings. The molecular weight excluding hydrogens is 212 g/mol. The maximum absolute atomic E-state index is 10.2. The van der Waals surface area contributed by atoms with E-state index in [-0.39, 0.29) is 30.5 Å². The molecule has 0 spiro atoms. The molecule has 0 aromatic rings. The van der Waals surface area contributed by atoms with Crippen LogP contribution < -0.4 is 0 Å². The molecule has 0 aromatic heterocycles. The maximum Gasteiger partial charge on any atom is 2.00 e. The van der Waals surface area contributed by atoms with Crippen molar-refractivity contribution in [3.63, 3.8) is 0 Å². The molecule has 0 radical (unpaired) electrons. The molecule has 3 N–H and O–H groups in total. The minimum atomic E-state index is -4.64. The van der Waals surface area contributed by atoms with Crippen LogP contribution in [-0.4, -0.2) is 43.9 Å². The van der Waals surface area contributed by atoms with Crippen LogP contribution in [0.2, 0.25) is 0 Å². The Morgan fingerprint density at radius 3 is 1.17 bits per heavy atom. The number of rotatable bonds is 0. The summed E-state index contributed by atoms with van der Waals surface area (Å²) in [6.45, 7) is 1.77. The van der Waals surface area contributed by atoms with E-state index in [2.05, 4.69) is 0 Å². The van der Waals surface area contributed by atoms with Gasteiger partial charge in [0.2, 0.25) is 0 Å². The first-order chi connectivity index (χ1) is 4.00. The van der Waals surface area contributed by atoms with Gasteiger partial charge in [0.05, 0.1) is 0 Å². The van der Waals surface area contributed by atoms with Gasteiger partial charge in [-0.1, -0.05) is 0 Å². The molecule has 4 nitrogen and oxygen atoms in total. The summed E-state index contributed by atoms with van der Waals surface area (Å²) in [6, 6.07) is 0. The van der Waals surface area contributed by atoms with E-state index in [9.17, 15) is 13.2 Å². The quantitative estimate of drug-likeness (QED) is 0.316. The smallest absolute Gasteiger partial charge is 0.358 e. The van der Waals surface area contributed by atoms with Crippen molar-refractivity contribution in [2.45, 2.75) is 6.18 Å². The van der Waals surface area contributed by atoms with Crippen LogP contribution in [0.5, 0.6) is 0 Å². The third-order valence-corrected chi connectivity index (χ3v) is 0. The van der Waals surface area contributed by atoms with Crippen LogP contribution in [0.3, 0.4) is 0 Å². The Bertz CT molecular complexity index is 118. The maximum atomic E-state index is 10.2. The molecule has 0 aromatic carbocycles. The molecule has 0 amide bonds. The van der Waals surface area contributed by atoms with Crippen molar-refractivity contribution in [3.8, 4) is 0 Å². The summed E-state index contributed by atoms with van der Waals surface area (Å²) in [4.78, 5) is 21.6. The zero-order valence-corrected chi connectivity index (χ0v) is 8.55. The molecule has 0 aliphatic carbocycles. The van der Waals surface area contributed by atoms with Gasteiger partial charge < -0.3 is 22.1 Å². The summed E-state index contributed by atoms with van der Waals surface area (Å²) in [5.74, 6) is 0. The molecular formula is C3H8F3MgO4P. The third kappa shape index (κ3) is 2250. The molecule has 0 aliphatic rings. The van der Waals surface area contributed by atoms with Gasteiger partial charge in [0.1, 0.15) is 0 Å². The number of alkyl halides is 3. The minimum absolute atomic E-state index is 0. The van der Waals surface area contributed by atoms with Crippen LogP contribution in [0, 0.1) is 14.4 Å². The topological polar surface area (TPSA) is 77.8 Å². The van der Waals surface area contributed by atoms with E-state index in [1.165, 1.54) is 0 Å². The third-order valence-electron chi connectivity index (χ3n) is 0. The van der Waals surface area contributed by atoms with E-state index in [0.717, 1.165) is 0 Å². The van der Waals surface area contributed by atoms with E-state index in [0.29, 0.717) is 0 Å². The average molecular weight is 220 g/mol. The Morgan fingerprint density at radius 2 is 1.17 bits per heavy atom. The molecule has 0 unspecified atom stereocenters. The fourth-order valence-corrected chi connectivity index (χ4v) is 0. The Balaban J connectivity index is -0.0000000457. The van der Waals surface area contributed by atoms with Gasteiger partial charge in [-0.15, -0.1) is 0 Å². The van der Waals surface area contributed by atoms with Gasteiger partial charge in [-0.25, -0.2) is 24.7 Å². The van der Waals surface area contributed by atoms with Crippen molar-refractivity contribution < 1.29 is 32.4 Å². The fraction of sp³-hybridized carbons (Fsp3) is 0.333. The van der Waals surface area contributed by atoms with Gasteiger partial charge in [0.15, 0.2) is 0 Å². The minimum Gasteiger partial charge on any atom is -0.358 e. The molecule has 9 heteroatoms. The van der Waals surface area contributed by atoms with Crippen LogP contribution in [-0.2, 0) is 4.57 Å². The molecule has 0 atom stereocenters. The molecule has 0 saturated heterocycles. The van der Waals surface area contributed by atoms with E-state index in [1.807, 2.05) is 0 Å². The van der Waals surface area contributed by atoms with Gasteiger partial charge in [-0.05, 0) is 0 Å². The van der Waals surface area contributed by atoms with E-state index < -0.39 is 14.0 Å². The second kappa shape index (κ2) is 8.27. The van der Waals surface area contributed by atoms with E-state index in [4.69, 9.17) is 19.2 Å². The predicted molar refractivity (Wildman–Crippen MR) is 37.8 cm³/mol. The fourth-order valence-electron chi connectivity index (χ4n) is 0. The van der Waals surface area contributed by atoms with Crippen molar-refractivity contribution in [1.82, 2.24) is 0 Å². The standard InChI is InChI=1S/C2H2F3.CH3.Mg.H3O4P/c1-2(3,4)5;;;1-5(2,3)4/h1H2;1H3;;(H3,1,2,3,4)/q2*-1;+2;. The zero-order valence-electron chi connectivity index (χ0n) is 6.25. The Morgan fingerprint density at radius 1 is 1.17 bits per heavy atom. The van der Waals surface area contributed by atoms with Crippen LogP contribution in [0.4, 0.5) is 13.2 Å². The van der Waals surface area contributed by atoms with Crippen LogP contribution >= 0.6 is 7.82 Å². The summed E-state index contributed by atoms with van der Waals surface area (Å²) in [5.41, 5.74) is 0. The van der Waals surface area contributed by atoms with Gasteiger partial charge in [-0.2, -0.15) is 0 Å². The van der Waals surface area contributed by atoms with E-state index >= 15 is 0 Å². The normalized spacial score (nSPS) is 9.92. The molecule has 0 saturated carbocycles. The Kier molecular flexibility index (Phi) is 15.8. The molecule has 0 heterocycles. The summed E-state index contributed by atoms with van der Waals surface area (Å²) in [5, 5.41) is 0. The first-order valence-electron chi connectivity index (χ1n) is 1.70. The Labute approximate surface area is 84.2 Å². The van der Waals surface area contributed by atoms with Crippen molar-refractivity contribution in [2.75, 3.05) is 0 Å². The van der Waals surface area contributed by atoms with Gasteiger partial charge in [0.25, 0.3) is 6.18 Å². The molecule has 0 aliphatic heterocycles. The SMILES string of the molecule is O=P(O)(O)O.[CH2-]C(F)(F)F.[CH3-].[Mg+2].